The molecule has 4 aromatic rings. The van der Waals surface area contributed by atoms with Crippen LogP contribution in [0.25, 0.3) is 0 Å². The number of aryl methyl sites for hydroxylation is 3. The molecule has 0 heterocycles. The number of hydrogen-bond acceptors (Lipinski definition) is 7. The molecule has 0 amide bonds. The Bertz CT molecular complexity index is 1470. The predicted octanol–water partition coefficient (Wildman–Crippen LogP) is 6.76. The van der Waals surface area contributed by atoms with E-state index in [-0.39, 0.29) is 51.0 Å². The lowest BCUT2D eigenvalue weighted by Gasteiger charge is -2.09. The largest absolute Gasteiger partial charge is 0.507 e. The minimum atomic E-state index is -0.421. The second kappa shape index (κ2) is 13.3. The van der Waals surface area contributed by atoms with Gasteiger partial charge < -0.3 is 25.2 Å². The summed E-state index contributed by atoms with van der Waals surface area (Å²) in [6.07, 6.45) is 1.95. The van der Waals surface area contributed by atoms with Crippen molar-refractivity contribution in [2.45, 2.75) is 40.5 Å². The normalized spacial score (nSPS) is 10.4. The number of carbonyl (C=O) groups excluding carboxylic acids is 2. The van der Waals surface area contributed by atoms with Gasteiger partial charge in [0.2, 0.25) is 0 Å². The molecule has 0 saturated carbocycles. The molecule has 0 spiro atoms. The van der Waals surface area contributed by atoms with Gasteiger partial charge in [-0.25, -0.2) is 0 Å². The molecule has 0 radical (unpaired) electrons. The minimum absolute atomic E-state index is 0.0695. The molecule has 40 heavy (non-hydrogen) atoms. The molecular formula is C33H34O7. The molecule has 0 aromatic heterocycles. The molecule has 0 aliphatic carbocycles. The average Bonchev–Trinajstić information content (AvgIpc) is 2.89. The zero-order chi connectivity index (χ0) is 29.4. The zero-order valence-electron chi connectivity index (χ0n) is 23.1. The van der Waals surface area contributed by atoms with E-state index >= 15 is 0 Å². The summed E-state index contributed by atoms with van der Waals surface area (Å²) in [5.41, 5.74) is 3.30. The fraction of sp³-hybridized carbons (Fsp3) is 0.212. The molecule has 4 rings (SSSR count). The number of unbranched alkanes of at least 4 members (excludes halogenated alkanes) is 1. The summed E-state index contributed by atoms with van der Waals surface area (Å²) in [5.74, 6) is -0.665. The third-order valence-electron chi connectivity index (χ3n) is 6.17. The fourth-order valence-corrected chi connectivity index (χ4v) is 3.92. The Kier molecular flexibility index (Phi) is 9.92. The van der Waals surface area contributed by atoms with E-state index in [1.165, 1.54) is 30.3 Å². The SMILES string of the molecule is CCCCOc1ccc(C(=O)c2ccc(C)cc2O)c(O)c1.Cc1ccc(C(=O)c2ccc(C)cc2O)c(O)c1. The Hall–Kier alpha value is -4.78. The van der Waals surface area contributed by atoms with Gasteiger partial charge in [-0.1, -0.05) is 31.5 Å². The van der Waals surface area contributed by atoms with E-state index in [0.717, 1.165) is 29.5 Å². The van der Waals surface area contributed by atoms with Crippen LogP contribution < -0.4 is 4.74 Å². The molecule has 0 aliphatic heterocycles. The maximum Gasteiger partial charge on any atom is 0.200 e. The van der Waals surface area contributed by atoms with Crippen molar-refractivity contribution in [3.05, 3.63) is 112 Å². The van der Waals surface area contributed by atoms with Crippen LogP contribution in [0.3, 0.4) is 0 Å². The minimum Gasteiger partial charge on any atom is -0.507 e. The fourth-order valence-electron chi connectivity index (χ4n) is 3.92. The quantitative estimate of drug-likeness (QED) is 0.143. The van der Waals surface area contributed by atoms with Crippen molar-refractivity contribution in [3.63, 3.8) is 0 Å². The first-order valence-electron chi connectivity index (χ1n) is 13.0. The van der Waals surface area contributed by atoms with Gasteiger partial charge in [0.15, 0.2) is 11.6 Å². The van der Waals surface area contributed by atoms with Gasteiger partial charge in [0.25, 0.3) is 0 Å². The van der Waals surface area contributed by atoms with Gasteiger partial charge in [-0.05, 0) is 92.4 Å². The van der Waals surface area contributed by atoms with E-state index in [9.17, 15) is 30.0 Å². The summed E-state index contributed by atoms with van der Waals surface area (Å²) in [7, 11) is 0. The molecule has 7 nitrogen and oxygen atoms in total. The van der Waals surface area contributed by atoms with Crippen LogP contribution in [-0.4, -0.2) is 38.6 Å². The Morgan fingerprint density at radius 3 is 1.25 bits per heavy atom. The highest BCUT2D eigenvalue weighted by atomic mass is 16.5. The summed E-state index contributed by atoms with van der Waals surface area (Å²) in [6.45, 7) is 8.13. The summed E-state index contributed by atoms with van der Waals surface area (Å²) >= 11 is 0. The number of carbonyl (C=O) groups is 2. The maximum atomic E-state index is 12.4. The third-order valence-corrected chi connectivity index (χ3v) is 6.17. The number of benzene rings is 4. The van der Waals surface area contributed by atoms with Crippen LogP contribution in [0.2, 0.25) is 0 Å². The van der Waals surface area contributed by atoms with Gasteiger partial charge >= 0.3 is 0 Å². The number of rotatable bonds is 8. The van der Waals surface area contributed by atoms with Gasteiger partial charge in [0.1, 0.15) is 28.7 Å². The molecule has 0 aliphatic rings. The standard InChI is InChI=1S/C18H20O4.C15H14O3/c1-3-4-9-22-13-6-8-15(17(20)11-13)18(21)14-7-5-12(2)10-16(14)19;1-9-3-5-11(13(16)7-9)15(18)12-6-4-10(2)8-14(12)17/h5-8,10-11,19-20H,3-4,9H2,1-2H3;3-8,16-17H,1-2H3. The van der Waals surface area contributed by atoms with Gasteiger partial charge in [-0.3, -0.25) is 9.59 Å². The lowest BCUT2D eigenvalue weighted by molar-refractivity contribution is 0.102. The van der Waals surface area contributed by atoms with Gasteiger partial charge in [0.05, 0.1) is 28.9 Å². The van der Waals surface area contributed by atoms with Crippen molar-refractivity contribution in [1.82, 2.24) is 0 Å². The smallest absolute Gasteiger partial charge is 0.200 e. The highest BCUT2D eigenvalue weighted by Gasteiger charge is 2.18. The topological polar surface area (TPSA) is 124 Å². The number of aromatic hydroxyl groups is 4. The molecule has 0 saturated heterocycles. The molecule has 4 aromatic carbocycles. The highest BCUT2D eigenvalue weighted by Crippen LogP contribution is 2.29. The van der Waals surface area contributed by atoms with Gasteiger partial charge in [0, 0.05) is 6.07 Å². The van der Waals surface area contributed by atoms with Crippen LogP contribution in [0.15, 0.2) is 72.8 Å². The number of phenols is 4. The van der Waals surface area contributed by atoms with Crippen LogP contribution in [0.5, 0.6) is 28.7 Å². The van der Waals surface area contributed by atoms with Crippen molar-refractivity contribution in [2.75, 3.05) is 6.61 Å². The lowest BCUT2D eigenvalue weighted by Crippen LogP contribution is -2.03. The number of ketones is 2. The first-order chi connectivity index (χ1) is 19.0. The second-order valence-corrected chi connectivity index (χ2v) is 9.60. The predicted molar refractivity (Wildman–Crippen MR) is 154 cm³/mol. The number of ether oxygens (including phenoxy) is 1. The molecule has 0 atom stereocenters. The van der Waals surface area contributed by atoms with Crippen molar-refractivity contribution in [1.29, 1.82) is 0 Å². The van der Waals surface area contributed by atoms with Crippen molar-refractivity contribution in [3.8, 4) is 28.7 Å². The summed E-state index contributed by atoms with van der Waals surface area (Å²) in [4.78, 5) is 24.6. The van der Waals surface area contributed by atoms with Gasteiger partial charge in [-0.2, -0.15) is 0 Å². The average molecular weight is 543 g/mol. The van der Waals surface area contributed by atoms with E-state index in [4.69, 9.17) is 4.74 Å². The van der Waals surface area contributed by atoms with Crippen molar-refractivity contribution in [2.24, 2.45) is 0 Å². The molecule has 0 unspecified atom stereocenters. The summed E-state index contributed by atoms with van der Waals surface area (Å²) in [5, 5.41) is 39.5. The van der Waals surface area contributed by atoms with Crippen LogP contribution >= 0.6 is 0 Å². The van der Waals surface area contributed by atoms with Crippen LogP contribution in [0.4, 0.5) is 0 Å². The highest BCUT2D eigenvalue weighted by molar-refractivity contribution is 6.13. The first-order valence-corrected chi connectivity index (χ1v) is 13.0. The molecule has 0 bridgehead atoms. The number of hydrogen-bond donors (Lipinski definition) is 4. The van der Waals surface area contributed by atoms with E-state index < -0.39 is 5.78 Å². The summed E-state index contributed by atoms with van der Waals surface area (Å²) < 4.78 is 5.49. The molecular weight excluding hydrogens is 508 g/mol. The van der Waals surface area contributed by atoms with Crippen LogP contribution in [0, 0.1) is 20.8 Å². The van der Waals surface area contributed by atoms with Crippen LogP contribution in [-0.2, 0) is 0 Å². The molecule has 7 heteroatoms. The Balaban J connectivity index is 0.000000225. The van der Waals surface area contributed by atoms with Crippen molar-refractivity contribution < 1.29 is 34.8 Å². The Morgan fingerprint density at radius 1 is 0.575 bits per heavy atom. The monoisotopic (exact) mass is 542 g/mol. The Labute approximate surface area is 234 Å². The van der Waals surface area contributed by atoms with E-state index in [1.807, 2.05) is 20.8 Å². The van der Waals surface area contributed by atoms with E-state index in [0.29, 0.717) is 12.4 Å². The third kappa shape index (κ3) is 7.41. The molecule has 0 fully saturated rings. The maximum absolute atomic E-state index is 12.4. The van der Waals surface area contributed by atoms with Gasteiger partial charge in [-0.15, -0.1) is 0 Å². The first kappa shape index (κ1) is 29.8. The van der Waals surface area contributed by atoms with Crippen molar-refractivity contribution >= 4 is 11.6 Å². The Morgan fingerprint density at radius 2 is 0.925 bits per heavy atom. The van der Waals surface area contributed by atoms with E-state index in [2.05, 4.69) is 6.92 Å². The lowest BCUT2D eigenvalue weighted by atomic mass is 9.99. The zero-order valence-corrected chi connectivity index (χ0v) is 23.1. The second-order valence-electron chi connectivity index (χ2n) is 9.60. The summed E-state index contributed by atoms with van der Waals surface area (Å²) in [6, 6.07) is 19.1. The van der Waals surface area contributed by atoms with E-state index in [1.54, 1.807) is 42.5 Å². The van der Waals surface area contributed by atoms with Crippen LogP contribution in [0.1, 0.15) is 68.3 Å². The molecule has 4 N–H and O–H groups in total. The number of phenolic OH excluding ortho intramolecular Hbond substituents is 4. The molecule has 208 valence electrons.